The molecule has 0 atom stereocenters. The number of amides is 2. The lowest BCUT2D eigenvalue weighted by atomic mass is 10.1. The second kappa shape index (κ2) is 5.01. The number of nitrogens with zero attached hydrogens (tertiary/aromatic N) is 1. The molecule has 1 aliphatic heterocycles. The summed E-state index contributed by atoms with van der Waals surface area (Å²) in [6, 6.07) is 17.8. The van der Waals surface area contributed by atoms with Crippen molar-refractivity contribution >= 4 is 17.4 Å². The Kier molecular flexibility index (Phi) is 3.05. The fraction of sp³-hybridized carbons (Fsp3) is 0. The summed E-state index contributed by atoms with van der Waals surface area (Å²) in [4.78, 5) is 29.4. The van der Waals surface area contributed by atoms with Crippen LogP contribution in [0.15, 0.2) is 66.7 Å². The molecule has 0 saturated heterocycles. The lowest BCUT2D eigenvalue weighted by Gasteiger charge is -2.15. The van der Waals surface area contributed by atoms with Crippen LogP contribution >= 0.6 is 0 Å². The van der Waals surface area contributed by atoms with Crippen molar-refractivity contribution in [3.8, 4) is 5.75 Å². The molecule has 0 aromatic heterocycles. The van der Waals surface area contributed by atoms with Gasteiger partial charge in [-0.3, -0.25) is 9.59 Å². The molecule has 0 N–H and O–H groups in total. The number of carbonyl (C=O) groups excluding carboxylic acids is 2. The van der Waals surface area contributed by atoms with Crippen molar-refractivity contribution in [2.24, 2.45) is 0 Å². The molecule has 4 heteroatoms. The summed E-state index contributed by atoms with van der Waals surface area (Å²) in [5.41, 5.74) is 1.04. The molecule has 2 aromatic carbocycles. The van der Waals surface area contributed by atoms with E-state index in [4.69, 9.17) is 4.84 Å². The van der Waals surface area contributed by atoms with E-state index in [9.17, 15) is 9.59 Å². The minimum absolute atomic E-state index is 0.339. The maximum atomic E-state index is 12.2. The van der Waals surface area contributed by atoms with Crippen molar-refractivity contribution in [3.63, 3.8) is 0 Å². The Hall–Kier alpha value is -2.88. The molecule has 98 valence electrons. The summed E-state index contributed by atoms with van der Waals surface area (Å²) in [6.07, 6.45) is 1.29. The Labute approximate surface area is 115 Å². The van der Waals surface area contributed by atoms with E-state index in [2.05, 4.69) is 0 Å². The van der Waals surface area contributed by atoms with E-state index >= 15 is 0 Å². The number of carbonyl (C=O) groups is 2. The van der Waals surface area contributed by atoms with Crippen LogP contribution in [0.4, 0.5) is 0 Å². The predicted molar refractivity (Wildman–Crippen MR) is 73.3 cm³/mol. The highest BCUT2D eigenvalue weighted by Gasteiger charge is 2.34. The van der Waals surface area contributed by atoms with Gasteiger partial charge in [0.1, 0.15) is 0 Å². The highest BCUT2D eigenvalue weighted by atomic mass is 16.7. The van der Waals surface area contributed by atoms with Gasteiger partial charge in [0.25, 0.3) is 11.8 Å². The van der Waals surface area contributed by atoms with E-state index in [-0.39, 0.29) is 0 Å². The zero-order chi connectivity index (χ0) is 13.9. The fourth-order valence-corrected chi connectivity index (χ4v) is 1.95. The number of benzene rings is 2. The molecule has 2 aromatic rings. The lowest BCUT2D eigenvalue weighted by molar-refractivity contribution is -0.162. The SMILES string of the molecule is O=C1C=C(c2ccccc2)C(=O)N1Oc1ccccc1. The van der Waals surface area contributed by atoms with Gasteiger partial charge < -0.3 is 4.84 Å². The van der Waals surface area contributed by atoms with Gasteiger partial charge in [0.15, 0.2) is 5.75 Å². The van der Waals surface area contributed by atoms with E-state index in [1.54, 1.807) is 36.4 Å². The maximum Gasteiger partial charge on any atom is 0.295 e. The second-order valence-corrected chi connectivity index (χ2v) is 4.27. The number of para-hydroxylation sites is 1. The zero-order valence-corrected chi connectivity index (χ0v) is 10.5. The molecule has 1 aliphatic rings. The molecule has 1 heterocycles. The summed E-state index contributed by atoms with van der Waals surface area (Å²) in [7, 11) is 0. The quantitative estimate of drug-likeness (QED) is 0.801. The van der Waals surface area contributed by atoms with Gasteiger partial charge in [0.05, 0.1) is 5.57 Å². The van der Waals surface area contributed by atoms with Crippen LogP contribution in [-0.4, -0.2) is 16.9 Å². The average molecular weight is 265 g/mol. The third-order valence-electron chi connectivity index (χ3n) is 2.91. The van der Waals surface area contributed by atoms with Crippen LogP contribution in [0.5, 0.6) is 5.75 Å². The van der Waals surface area contributed by atoms with Crippen LogP contribution in [0, 0.1) is 0 Å². The molecule has 0 radical (unpaired) electrons. The minimum Gasteiger partial charge on any atom is -0.369 e. The van der Waals surface area contributed by atoms with Gasteiger partial charge in [-0.05, 0) is 17.7 Å². The second-order valence-electron chi connectivity index (χ2n) is 4.27. The van der Waals surface area contributed by atoms with Crippen LogP contribution in [0.2, 0.25) is 0 Å². The van der Waals surface area contributed by atoms with E-state index in [0.29, 0.717) is 16.9 Å². The van der Waals surface area contributed by atoms with Crippen LogP contribution in [0.3, 0.4) is 0 Å². The van der Waals surface area contributed by atoms with Gasteiger partial charge in [-0.15, -0.1) is 0 Å². The third kappa shape index (κ3) is 2.19. The number of imide groups is 1. The zero-order valence-electron chi connectivity index (χ0n) is 10.5. The molecule has 0 aliphatic carbocycles. The van der Waals surface area contributed by atoms with Crippen molar-refractivity contribution in [1.82, 2.24) is 5.06 Å². The Balaban J connectivity index is 1.84. The Morgan fingerprint density at radius 3 is 2.05 bits per heavy atom. The highest BCUT2D eigenvalue weighted by molar-refractivity contribution is 6.32. The van der Waals surface area contributed by atoms with Gasteiger partial charge in [-0.1, -0.05) is 53.6 Å². The first-order valence-corrected chi connectivity index (χ1v) is 6.14. The van der Waals surface area contributed by atoms with Crippen molar-refractivity contribution in [2.75, 3.05) is 0 Å². The Morgan fingerprint density at radius 2 is 1.40 bits per heavy atom. The number of hydrogen-bond donors (Lipinski definition) is 0. The highest BCUT2D eigenvalue weighted by Crippen LogP contribution is 2.24. The van der Waals surface area contributed by atoms with E-state index in [1.807, 2.05) is 24.3 Å². The first kappa shape index (κ1) is 12.2. The molecule has 2 amide bonds. The number of rotatable bonds is 3. The largest absolute Gasteiger partial charge is 0.369 e. The van der Waals surface area contributed by atoms with Gasteiger partial charge >= 0.3 is 0 Å². The summed E-state index contributed by atoms with van der Waals surface area (Å²) in [5.74, 6) is -0.486. The molecule has 0 spiro atoms. The van der Waals surface area contributed by atoms with Gasteiger partial charge in [-0.2, -0.15) is 0 Å². The fourth-order valence-electron chi connectivity index (χ4n) is 1.95. The molecule has 0 unspecified atom stereocenters. The molecule has 4 nitrogen and oxygen atoms in total. The summed E-state index contributed by atoms with van der Waals surface area (Å²) in [5, 5.41) is 0.775. The first-order valence-electron chi connectivity index (χ1n) is 6.14. The number of hydrogen-bond acceptors (Lipinski definition) is 3. The summed E-state index contributed by atoms with van der Waals surface area (Å²) < 4.78 is 0. The molecule has 0 fully saturated rings. The van der Waals surface area contributed by atoms with Gasteiger partial charge in [-0.25, -0.2) is 0 Å². The van der Waals surface area contributed by atoms with Crippen LogP contribution in [0.1, 0.15) is 5.56 Å². The van der Waals surface area contributed by atoms with Crippen molar-refractivity contribution in [1.29, 1.82) is 0 Å². The van der Waals surface area contributed by atoms with Crippen molar-refractivity contribution in [2.45, 2.75) is 0 Å². The first-order chi connectivity index (χ1) is 9.75. The topological polar surface area (TPSA) is 46.6 Å². The van der Waals surface area contributed by atoms with Gasteiger partial charge in [0.2, 0.25) is 0 Å². The molecule has 0 saturated carbocycles. The predicted octanol–water partition coefficient (Wildman–Crippen LogP) is 2.43. The minimum atomic E-state index is -0.474. The smallest absolute Gasteiger partial charge is 0.295 e. The van der Waals surface area contributed by atoms with Crippen LogP contribution in [0.25, 0.3) is 5.57 Å². The monoisotopic (exact) mass is 265 g/mol. The lowest BCUT2D eigenvalue weighted by Crippen LogP contribution is -2.34. The Morgan fingerprint density at radius 1 is 0.800 bits per heavy atom. The standard InChI is InChI=1S/C16H11NO3/c18-15-11-14(12-7-3-1-4-8-12)16(19)17(15)20-13-9-5-2-6-10-13/h1-11H. The summed E-state index contributed by atoms with van der Waals surface area (Å²) in [6.45, 7) is 0. The van der Waals surface area contributed by atoms with Crippen LogP contribution in [-0.2, 0) is 9.59 Å². The van der Waals surface area contributed by atoms with E-state index in [0.717, 1.165) is 5.06 Å². The van der Waals surface area contributed by atoms with Crippen molar-refractivity contribution < 1.29 is 14.4 Å². The van der Waals surface area contributed by atoms with Crippen LogP contribution < -0.4 is 4.84 Å². The maximum absolute atomic E-state index is 12.2. The summed E-state index contributed by atoms with van der Waals surface area (Å²) >= 11 is 0. The average Bonchev–Trinajstić information content (AvgIpc) is 2.77. The molecular formula is C16H11NO3. The third-order valence-corrected chi connectivity index (χ3v) is 2.91. The Bertz CT molecular complexity index is 677. The van der Waals surface area contributed by atoms with Gasteiger partial charge in [0, 0.05) is 6.08 Å². The van der Waals surface area contributed by atoms with E-state index in [1.165, 1.54) is 6.08 Å². The molecule has 0 bridgehead atoms. The molecule has 3 rings (SSSR count). The molecule has 20 heavy (non-hydrogen) atoms. The van der Waals surface area contributed by atoms with Crippen molar-refractivity contribution in [3.05, 3.63) is 72.3 Å². The number of hydroxylamine groups is 2. The van der Waals surface area contributed by atoms with E-state index < -0.39 is 11.8 Å². The molecular weight excluding hydrogens is 254 g/mol. The normalized spacial score (nSPS) is 14.4.